The summed E-state index contributed by atoms with van der Waals surface area (Å²) in [5, 5.41) is 23.9. The maximum Gasteiger partial charge on any atom is 0.410 e. The van der Waals surface area contributed by atoms with Crippen molar-refractivity contribution in [2.75, 3.05) is 125 Å². The number of piperidine rings is 3. The van der Waals surface area contributed by atoms with Gasteiger partial charge in [-0.3, -0.25) is 14.4 Å². The molecule has 6 aliphatic heterocycles. The van der Waals surface area contributed by atoms with Gasteiger partial charge in [-0.2, -0.15) is 0 Å². The van der Waals surface area contributed by atoms with Gasteiger partial charge in [-0.25, -0.2) is 19.6 Å². The third-order valence-electron chi connectivity index (χ3n) is 19.0. The number of hydrogen-bond donors (Lipinski definition) is 10. The fourth-order valence-corrected chi connectivity index (χ4v) is 13.4. The predicted octanol–water partition coefficient (Wildman–Crippen LogP) is 11.6. The lowest BCUT2D eigenvalue weighted by Crippen LogP contribution is -2.46. The monoisotopic (exact) mass is 1360 g/mol. The van der Waals surface area contributed by atoms with Gasteiger partial charge >= 0.3 is 12.1 Å². The Balaban J connectivity index is 0.000000162. The van der Waals surface area contributed by atoms with Crippen molar-refractivity contribution < 1.29 is 42.9 Å². The van der Waals surface area contributed by atoms with Crippen LogP contribution >= 0.6 is 0 Å². The lowest BCUT2D eigenvalue weighted by atomic mass is 9.92. The minimum absolute atomic E-state index is 0.0327. The van der Waals surface area contributed by atoms with E-state index in [9.17, 15) is 24.0 Å². The molecule has 0 unspecified atom stereocenters. The number of nitrogens with one attached hydrogen (secondary N) is 7. The maximum atomic E-state index is 12.4. The van der Waals surface area contributed by atoms with E-state index in [1.165, 1.54) is 22.9 Å². The molecule has 6 fully saturated rings. The number of primary amides is 3. The van der Waals surface area contributed by atoms with Crippen LogP contribution in [0.4, 0.5) is 61.0 Å². The number of benzene rings is 4. The van der Waals surface area contributed by atoms with E-state index in [2.05, 4.69) is 108 Å². The molecule has 0 radical (unpaired) electrons. The zero-order chi connectivity index (χ0) is 69.8. The van der Waals surface area contributed by atoms with E-state index >= 15 is 0 Å². The quantitative estimate of drug-likeness (QED) is 0.0382. The van der Waals surface area contributed by atoms with Gasteiger partial charge in [-0.1, -0.05) is 36.4 Å². The van der Waals surface area contributed by atoms with Gasteiger partial charge in [0.2, 0.25) is 0 Å². The van der Waals surface area contributed by atoms with E-state index in [1.54, 1.807) is 36.2 Å². The van der Waals surface area contributed by atoms with Gasteiger partial charge in [0.25, 0.3) is 17.7 Å². The average Bonchev–Trinajstić information content (AvgIpc) is 0.860. The topological polar surface area (TPSA) is 320 Å². The highest BCUT2D eigenvalue weighted by atomic mass is 16.6. The third kappa shape index (κ3) is 21.4. The summed E-state index contributed by atoms with van der Waals surface area (Å²) >= 11 is 0. The molecule has 6 aromatic rings. The molecule has 0 atom stereocenters. The Labute approximate surface area is 582 Å². The van der Waals surface area contributed by atoms with Crippen LogP contribution in [-0.2, 0) is 18.9 Å². The molecule has 13 N–H and O–H groups in total. The van der Waals surface area contributed by atoms with Crippen LogP contribution in [0.3, 0.4) is 0 Å². The van der Waals surface area contributed by atoms with Gasteiger partial charge in [0.05, 0.1) is 28.1 Å². The maximum absolute atomic E-state index is 12.4. The summed E-state index contributed by atoms with van der Waals surface area (Å²) in [5.41, 5.74) is 27.4. The number of anilines is 9. The van der Waals surface area contributed by atoms with E-state index in [0.717, 1.165) is 158 Å². The molecular formula is C75H101N15O9. The number of amides is 6. The summed E-state index contributed by atoms with van der Waals surface area (Å²) in [7, 11) is 3.53. The van der Waals surface area contributed by atoms with Gasteiger partial charge in [0.15, 0.2) is 0 Å². The van der Waals surface area contributed by atoms with Crippen LogP contribution < -0.4 is 54.4 Å². The van der Waals surface area contributed by atoms with Gasteiger partial charge < -0.3 is 88.1 Å². The van der Waals surface area contributed by atoms with Gasteiger partial charge in [-0.15, -0.1) is 0 Å². The second-order valence-electron chi connectivity index (χ2n) is 27.6. The average molecular weight is 1360 g/mol. The number of urea groups is 1. The SMILES string of the molecule is CC(C)(C)OC(=O)N1CCC(Nc2cc(Nc3ccc(C4CCOCC4)cc3)ncc2C(N)=O)CC1.CN(C)C(=O)N1CCC(Nc2cc(Nc3ccc(C4CCOCC4)cc3)ccc2C(N)=O)CC1.NC(=O)c1cnc(Nc2ccc(C3CCOCC3)cc2)cc1NC1CCNCC1. The summed E-state index contributed by atoms with van der Waals surface area (Å²) in [5.74, 6) is 1.51. The number of hydrogen-bond acceptors (Lipinski definition) is 18. The first kappa shape index (κ1) is 72.5. The van der Waals surface area contributed by atoms with E-state index < -0.39 is 23.3 Å². The molecule has 99 heavy (non-hydrogen) atoms. The molecule has 6 amide bonds. The van der Waals surface area contributed by atoms with Crippen molar-refractivity contribution in [3.63, 3.8) is 0 Å². The van der Waals surface area contributed by atoms with Gasteiger partial charge in [-0.05, 0) is 200 Å². The zero-order valence-corrected chi connectivity index (χ0v) is 58.0. The number of nitrogens with two attached hydrogens (primary N) is 3. The first-order valence-corrected chi connectivity index (χ1v) is 35.1. The van der Waals surface area contributed by atoms with Crippen LogP contribution in [0.1, 0.15) is 163 Å². The highest BCUT2D eigenvalue weighted by molar-refractivity contribution is 6.00. The molecule has 0 aliphatic carbocycles. The second-order valence-corrected chi connectivity index (χ2v) is 27.6. The van der Waals surface area contributed by atoms with Crippen LogP contribution in [0.5, 0.6) is 0 Å². The lowest BCUT2D eigenvalue weighted by molar-refractivity contribution is 0.0210. The molecule has 2 aromatic heterocycles. The number of pyridine rings is 2. The van der Waals surface area contributed by atoms with Crippen molar-refractivity contribution in [1.82, 2.24) is 30.0 Å². The molecule has 0 spiro atoms. The lowest BCUT2D eigenvalue weighted by Gasteiger charge is -2.34. The second kappa shape index (κ2) is 35.0. The highest BCUT2D eigenvalue weighted by Gasteiger charge is 2.29. The Morgan fingerprint density at radius 2 is 0.818 bits per heavy atom. The van der Waals surface area contributed by atoms with Crippen molar-refractivity contribution in [2.24, 2.45) is 17.2 Å². The van der Waals surface area contributed by atoms with Crippen LogP contribution in [0.15, 0.2) is 116 Å². The van der Waals surface area contributed by atoms with E-state index in [0.29, 0.717) is 89.7 Å². The summed E-state index contributed by atoms with van der Waals surface area (Å²) in [6.45, 7) is 15.0. The molecule has 12 rings (SSSR count). The Kier molecular flexibility index (Phi) is 25.6. The predicted molar refractivity (Wildman–Crippen MR) is 389 cm³/mol. The van der Waals surface area contributed by atoms with Crippen molar-refractivity contribution in [2.45, 2.75) is 139 Å². The number of carbonyl (C=O) groups excluding carboxylic acids is 5. The minimum Gasteiger partial charge on any atom is -0.444 e. The summed E-state index contributed by atoms with van der Waals surface area (Å²) in [6.07, 6.45) is 14.2. The fraction of sp³-hybridized carbons (Fsp3) is 0.480. The smallest absolute Gasteiger partial charge is 0.410 e. The molecule has 6 aliphatic rings. The molecule has 24 nitrogen and oxygen atoms in total. The Hall–Kier alpha value is -9.23. The molecule has 530 valence electrons. The zero-order valence-electron chi connectivity index (χ0n) is 58.0. The third-order valence-corrected chi connectivity index (χ3v) is 19.0. The molecule has 6 saturated heterocycles. The van der Waals surface area contributed by atoms with Gasteiger partial charge in [0, 0.05) is 151 Å². The molecule has 0 bridgehead atoms. The van der Waals surface area contributed by atoms with Crippen molar-refractivity contribution in [3.05, 3.63) is 149 Å². The Morgan fingerprint density at radius 1 is 0.465 bits per heavy atom. The first-order valence-electron chi connectivity index (χ1n) is 35.1. The Bertz CT molecular complexity index is 3630. The van der Waals surface area contributed by atoms with E-state index in [1.807, 2.05) is 62.1 Å². The number of aromatic nitrogens is 2. The standard InChI is InChI=1S/C27H37N5O4.C26H35N5O3.C22H29N5O2/c1-27(2,3)36-26(34)32-12-8-21(9-13-32)30-23-16-24(29-17-22(23)25(28)33)31-20-6-4-18(5-7-20)19-10-14-35-15-11-19;1-30(2)26(33)31-13-9-21(10-14-31)29-24-17-22(7-8-23(24)25(27)32)28-20-5-3-18(4-6-20)19-11-15-34-16-12-19;23-22(28)19-14-25-21(13-20(19)26-18-5-9-24-10-6-18)27-17-3-1-15(2-4-17)16-7-11-29-12-8-16/h4-7,16-17,19,21H,8-15H2,1-3H3,(H2,28,33)(H2,29,30,31);3-8,17,19,21,28-29H,9-16H2,1-2H3,(H2,27,32);1-4,13-14,16,18,24H,5-12H2,(H2,23,28)(H2,25,26,27). The van der Waals surface area contributed by atoms with Crippen molar-refractivity contribution >= 4 is 81.3 Å². The number of nitrogens with zero attached hydrogens (tertiary/aromatic N) is 5. The number of likely N-dealkylation sites (tertiary alicyclic amines) is 2. The molecule has 0 saturated carbocycles. The number of rotatable bonds is 18. The van der Waals surface area contributed by atoms with E-state index in [-0.39, 0.29) is 24.2 Å². The number of ether oxygens (including phenoxy) is 4. The summed E-state index contributed by atoms with van der Waals surface area (Å²) in [6, 6.07) is 35.3. The van der Waals surface area contributed by atoms with Crippen molar-refractivity contribution in [1.29, 1.82) is 0 Å². The summed E-state index contributed by atoms with van der Waals surface area (Å²) < 4.78 is 21.9. The summed E-state index contributed by atoms with van der Waals surface area (Å²) in [4.78, 5) is 74.4. The number of carbonyl (C=O) groups is 5. The molecule has 24 heteroatoms. The minimum atomic E-state index is -0.538. The van der Waals surface area contributed by atoms with Gasteiger partial charge in [0.1, 0.15) is 17.2 Å². The van der Waals surface area contributed by atoms with Crippen LogP contribution in [-0.4, -0.2) is 171 Å². The molecule has 4 aromatic carbocycles. The van der Waals surface area contributed by atoms with Crippen LogP contribution in [0.25, 0.3) is 0 Å². The van der Waals surface area contributed by atoms with Crippen LogP contribution in [0.2, 0.25) is 0 Å². The normalized spacial score (nSPS) is 17.7. The Morgan fingerprint density at radius 3 is 1.19 bits per heavy atom. The molecular weight excluding hydrogens is 1250 g/mol. The largest absolute Gasteiger partial charge is 0.444 e. The first-order chi connectivity index (χ1) is 47.8. The fourth-order valence-electron chi connectivity index (χ4n) is 13.4. The highest BCUT2D eigenvalue weighted by Crippen LogP contribution is 2.34. The molecule has 8 heterocycles. The van der Waals surface area contributed by atoms with Crippen LogP contribution in [0, 0.1) is 0 Å². The van der Waals surface area contributed by atoms with E-state index in [4.69, 9.17) is 36.1 Å². The van der Waals surface area contributed by atoms with Crippen molar-refractivity contribution in [3.8, 4) is 0 Å².